The molecular formula is C38H35F2N5O3S. The van der Waals surface area contributed by atoms with Crippen LogP contribution in [0.15, 0.2) is 106 Å². The Balaban J connectivity index is 1.33. The van der Waals surface area contributed by atoms with Gasteiger partial charge in [0, 0.05) is 18.5 Å². The molecule has 4 aromatic carbocycles. The highest BCUT2D eigenvalue weighted by atomic mass is 32.2. The molecule has 5 aromatic rings. The summed E-state index contributed by atoms with van der Waals surface area (Å²) in [5.74, 6) is -0.114. The number of anilines is 1. The van der Waals surface area contributed by atoms with Crippen molar-refractivity contribution < 1.29 is 22.5 Å². The monoisotopic (exact) mass is 679 g/mol. The van der Waals surface area contributed by atoms with E-state index in [1.807, 2.05) is 97.9 Å². The van der Waals surface area contributed by atoms with Crippen molar-refractivity contribution in [3.05, 3.63) is 142 Å². The molecule has 2 N–H and O–H groups in total. The first kappa shape index (κ1) is 31.4. The van der Waals surface area contributed by atoms with E-state index in [-0.39, 0.29) is 35.5 Å². The molecule has 250 valence electrons. The molecular weight excluding hydrogens is 645 g/mol. The third-order valence-electron chi connectivity index (χ3n) is 9.72. The van der Waals surface area contributed by atoms with Gasteiger partial charge in [0.25, 0.3) is 0 Å². The SMILES string of the molecule is C[C@H]1Cn2ncc(S(=O)(=NC(=O)Nc3c4c(c(F)c5c3C[C@@H](F)C5)CCC4)NC(c3ccccc3)(c3ccccc3)c3ccccc3)c2O1. The molecule has 1 unspecified atom stereocenters. The molecule has 11 heteroatoms. The van der Waals surface area contributed by atoms with E-state index >= 15 is 8.60 Å². The minimum absolute atomic E-state index is 0.00937. The van der Waals surface area contributed by atoms with Crippen LogP contribution in [0.5, 0.6) is 5.88 Å². The first-order valence-corrected chi connectivity index (χ1v) is 18.0. The fourth-order valence-corrected chi connectivity index (χ4v) is 9.48. The van der Waals surface area contributed by atoms with E-state index in [9.17, 15) is 9.18 Å². The standard InChI is InChI=1S/C38H35F2N5O3S/c1-24-23-45-36(48-24)33(22-41-45)49(47,43-37(46)42-35-30-19-11-18-29(30)34(40)31-20-28(39)21-32(31)35)44-38(25-12-5-2-6-13-25,26-14-7-3-8-15-26)27-16-9-4-10-17-27/h2-10,12-17,22,24,28H,11,18-21,23H2,1H3,(H2,42,43,44,46,47)/t24-,28-,49?/m0/s1. The van der Waals surface area contributed by atoms with Crippen LogP contribution < -0.4 is 14.8 Å². The number of fused-ring (bicyclic) bond motifs is 3. The van der Waals surface area contributed by atoms with Crippen LogP contribution in [0.4, 0.5) is 19.3 Å². The Morgan fingerprint density at radius 3 is 2.08 bits per heavy atom. The number of alkyl halides is 1. The van der Waals surface area contributed by atoms with E-state index in [2.05, 4.69) is 19.5 Å². The van der Waals surface area contributed by atoms with Crippen molar-refractivity contribution in [2.24, 2.45) is 4.36 Å². The number of ether oxygens (including phenoxy) is 1. The molecule has 2 heterocycles. The normalized spacial score (nSPS) is 19.0. The number of aromatic nitrogens is 2. The fraction of sp³-hybridized carbons (Fsp3) is 0.263. The van der Waals surface area contributed by atoms with Gasteiger partial charge in [-0.25, -0.2) is 27.2 Å². The molecule has 1 aliphatic heterocycles. The number of amides is 2. The number of nitrogens with zero attached hydrogens (tertiary/aromatic N) is 3. The van der Waals surface area contributed by atoms with Gasteiger partial charge in [-0.1, -0.05) is 91.0 Å². The summed E-state index contributed by atoms with van der Waals surface area (Å²) in [6.07, 6.45) is 1.67. The second kappa shape index (κ2) is 12.2. The fourth-order valence-electron chi connectivity index (χ4n) is 7.60. The van der Waals surface area contributed by atoms with Gasteiger partial charge in [0.2, 0.25) is 5.88 Å². The van der Waals surface area contributed by atoms with Crippen LogP contribution in [0.25, 0.3) is 0 Å². The lowest BCUT2D eigenvalue weighted by atomic mass is 9.78. The Morgan fingerprint density at radius 2 is 1.47 bits per heavy atom. The largest absolute Gasteiger partial charge is 0.472 e. The van der Waals surface area contributed by atoms with Crippen LogP contribution in [-0.2, 0) is 47.7 Å². The van der Waals surface area contributed by atoms with Crippen LogP contribution in [0.2, 0.25) is 0 Å². The van der Waals surface area contributed by atoms with Gasteiger partial charge in [-0.15, -0.1) is 4.36 Å². The highest BCUT2D eigenvalue weighted by Crippen LogP contribution is 2.43. The summed E-state index contributed by atoms with van der Waals surface area (Å²) in [4.78, 5) is 14.3. The molecule has 0 saturated heterocycles. The molecule has 3 atom stereocenters. The number of halogens is 2. The van der Waals surface area contributed by atoms with Crippen molar-refractivity contribution in [2.75, 3.05) is 5.32 Å². The van der Waals surface area contributed by atoms with Gasteiger partial charge in [-0.2, -0.15) is 5.10 Å². The van der Waals surface area contributed by atoms with Gasteiger partial charge in [0.05, 0.1) is 12.7 Å². The van der Waals surface area contributed by atoms with E-state index in [0.717, 1.165) is 23.1 Å². The highest BCUT2D eigenvalue weighted by molar-refractivity contribution is 7.92. The van der Waals surface area contributed by atoms with Crippen LogP contribution >= 0.6 is 0 Å². The number of rotatable bonds is 7. The van der Waals surface area contributed by atoms with Gasteiger partial charge < -0.3 is 10.1 Å². The molecule has 2 aliphatic carbocycles. The summed E-state index contributed by atoms with van der Waals surface area (Å²) in [6.45, 7) is 2.32. The Kier molecular flexibility index (Phi) is 7.83. The number of nitrogens with one attached hydrogen (secondary N) is 2. The average Bonchev–Trinajstić information content (AvgIpc) is 3.91. The molecule has 8 nitrogen and oxygen atoms in total. The highest BCUT2D eigenvalue weighted by Gasteiger charge is 2.43. The summed E-state index contributed by atoms with van der Waals surface area (Å²) in [5, 5.41) is 7.33. The van der Waals surface area contributed by atoms with Gasteiger partial charge in [-0.3, -0.25) is 0 Å². The average molecular weight is 680 g/mol. The van der Waals surface area contributed by atoms with Crippen LogP contribution in [0.3, 0.4) is 0 Å². The molecule has 0 fully saturated rings. The van der Waals surface area contributed by atoms with E-state index in [0.29, 0.717) is 47.3 Å². The van der Waals surface area contributed by atoms with Crippen molar-refractivity contribution in [3.63, 3.8) is 0 Å². The number of hydrogen-bond donors (Lipinski definition) is 2. The Bertz CT molecular complexity index is 2090. The molecule has 0 radical (unpaired) electrons. The van der Waals surface area contributed by atoms with E-state index < -0.39 is 27.7 Å². The maximum atomic E-state index is 15.8. The first-order chi connectivity index (χ1) is 23.8. The smallest absolute Gasteiger partial charge is 0.354 e. The first-order valence-electron chi connectivity index (χ1n) is 16.5. The predicted octanol–water partition coefficient (Wildman–Crippen LogP) is 7.28. The molecule has 0 spiro atoms. The van der Waals surface area contributed by atoms with Gasteiger partial charge in [0.1, 0.15) is 28.5 Å². The van der Waals surface area contributed by atoms with Crippen LogP contribution in [0, 0.1) is 5.82 Å². The van der Waals surface area contributed by atoms with Gasteiger partial charge in [0.15, 0.2) is 9.92 Å². The maximum Gasteiger partial charge on any atom is 0.354 e. The van der Waals surface area contributed by atoms with E-state index in [4.69, 9.17) is 4.74 Å². The Morgan fingerprint density at radius 1 is 0.898 bits per heavy atom. The lowest BCUT2D eigenvalue weighted by Crippen LogP contribution is -2.48. The van der Waals surface area contributed by atoms with Crippen molar-refractivity contribution in [1.29, 1.82) is 0 Å². The van der Waals surface area contributed by atoms with Gasteiger partial charge >= 0.3 is 6.03 Å². The van der Waals surface area contributed by atoms with E-state index in [1.165, 1.54) is 6.20 Å². The lowest BCUT2D eigenvalue weighted by molar-refractivity contribution is 0.248. The maximum absolute atomic E-state index is 15.8. The third kappa shape index (κ3) is 5.32. The van der Waals surface area contributed by atoms with Crippen molar-refractivity contribution in [2.45, 2.75) is 68.3 Å². The molecule has 8 rings (SSSR count). The number of hydrogen-bond acceptors (Lipinski definition) is 4. The zero-order chi connectivity index (χ0) is 33.8. The van der Waals surface area contributed by atoms with Crippen molar-refractivity contribution in [3.8, 4) is 5.88 Å². The molecule has 0 saturated carbocycles. The predicted molar refractivity (Wildman–Crippen MR) is 183 cm³/mol. The van der Waals surface area contributed by atoms with Crippen molar-refractivity contribution >= 4 is 21.6 Å². The topological polar surface area (TPSA) is 97.6 Å². The lowest BCUT2D eigenvalue weighted by Gasteiger charge is -2.37. The Hall–Kier alpha value is -4.87. The quantitative estimate of drug-likeness (QED) is 0.177. The number of benzene rings is 4. The summed E-state index contributed by atoms with van der Waals surface area (Å²) in [6, 6.07) is 27.8. The second-order valence-corrected chi connectivity index (χ2v) is 14.8. The van der Waals surface area contributed by atoms with E-state index in [1.54, 1.807) is 4.68 Å². The zero-order valence-corrected chi connectivity index (χ0v) is 27.7. The molecule has 1 aromatic heterocycles. The molecule has 49 heavy (non-hydrogen) atoms. The minimum Gasteiger partial charge on any atom is -0.472 e. The number of carbonyl (C=O) groups excluding carboxylic acids is 1. The second-order valence-electron chi connectivity index (χ2n) is 12.9. The van der Waals surface area contributed by atoms with Crippen LogP contribution in [-0.4, -0.2) is 32.3 Å². The summed E-state index contributed by atoms with van der Waals surface area (Å²) in [5.41, 5.74) is 3.30. The van der Waals surface area contributed by atoms with Gasteiger partial charge in [-0.05, 0) is 65.1 Å². The summed E-state index contributed by atoms with van der Waals surface area (Å²) in [7, 11) is -3.94. The molecule has 2 amide bonds. The molecule has 3 aliphatic rings. The number of carbonyl (C=O) groups is 1. The van der Waals surface area contributed by atoms with Crippen LogP contribution in [0.1, 0.15) is 52.3 Å². The van der Waals surface area contributed by atoms with Crippen molar-refractivity contribution in [1.82, 2.24) is 14.5 Å². The number of urea groups is 1. The summed E-state index contributed by atoms with van der Waals surface area (Å²) >= 11 is 0. The minimum atomic E-state index is -3.94. The Labute approximate surface area is 283 Å². The molecule has 0 bridgehead atoms. The zero-order valence-electron chi connectivity index (χ0n) is 26.9. The summed E-state index contributed by atoms with van der Waals surface area (Å²) < 4.78 is 61.6. The third-order valence-corrected chi connectivity index (χ3v) is 11.6.